The third-order valence-corrected chi connectivity index (χ3v) is 3.28. The van der Waals surface area contributed by atoms with Gasteiger partial charge in [0.2, 0.25) is 0 Å². The molecule has 0 radical (unpaired) electrons. The second-order valence-electron chi connectivity index (χ2n) is 4.64. The van der Waals surface area contributed by atoms with Gasteiger partial charge in [-0.25, -0.2) is 8.91 Å². The molecule has 21 heavy (non-hydrogen) atoms. The molecule has 5 nitrogen and oxygen atoms in total. The first-order valence-electron chi connectivity index (χ1n) is 6.47. The van der Waals surface area contributed by atoms with Gasteiger partial charge in [0.15, 0.2) is 5.78 Å². The van der Waals surface area contributed by atoms with E-state index in [-0.39, 0.29) is 30.1 Å². The molecular formula is C15H12FN3O2. The molecule has 0 aliphatic rings. The Morgan fingerprint density at radius 1 is 1.14 bits per heavy atom. The highest BCUT2D eigenvalue weighted by atomic mass is 19.1. The minimum absolute atomic E-state index is 0.129. The van der Waals surface area contributed by atoms with Crippen LogP contribution in [0.25, 0.3) is 5.52 Å². The summed E-state index contributed by atoms with van der Waals surface area (Å²) in [4.78, 5) is 24.1. The third kappa shape index (κ3) is 2.60. The van der Waals surface area contributed by atoms with Gasteiger partial charge in [0.05, 0.1) is 6.20 Å². The van der Waals surface area contributed by atoms with Gasteiger partial charge >= 0.3 is 0 Å². The zero-order chi connectivity index (χ0) is 14.8. The summed E-state index contributed by atoms with van der Waals surface area (Å²) in [5.74, 6) is -0.510. The molecule has 0 saturated carbocycles. The number of halogens is 1. The zero-order valence-electron chi connectivity index (χ0n) is 11.1. The molecule has 0 saturated heterocycles. The van der Waals surface area contributed by atoms with Crippen molar-refractivity contribution in [2.24, 2.45) is 0 Å². The van der Waals surface area contributed by atoms with Crippen molar-refractivity contribution in [2.45, 2.75) is 13.0 Å². The molecule has 106 valence electrons. The van der Waals surface area contributed by atoms with E-state index in [9.17, 15) is 14.0 Å². The predicted octanol–water partition coefficient (Wildman–Crippen LogP) is 1.91. The van der Waals surface area contributed by atoms with E-state index < -0.39 is 0 Å². The van der Waals surface area contributed by atoms with E-state index >= 15 is 0 Å². The van der Waals surface area contributed by atoms with Gasteiger partial charge in [-0.2, -0.15) is 5.10 Å². The molecule has 3 rings (SSSR count). The van der Waals surface area contributed by atoms with Crippen molar-refractivity contribution in [1.29, 1.82) is 0 Å². The fourth-order valence-corrected chi connectivity index (χ4v) is 2.14. The van der Waals surface area contributed by atoms with Crippen molar-refractivity contribution in [1.82, 2.24) is 14.2 Å². The van der Waals surface area contributed by atoms with E-state index in [2.05, 4.69) is 5.10 Å². The van der Waals surface area contributed by atoms with Crippen molar-refractivity contribution >= 4 is 11.3 Å². The number of rotatable bonds is 4. The lowest BCUT2D eigenvalue weighted by Crippen LogP contribution is -2.22. The first-order valence-corrected chi connectivity index (χ1v) is 6.47. The van der Waals surface area contributed by atoms with Gasteiger partial charge in [-0.3, -0.25) is 9.59 Å². The topological polar surface area (TPSA) is 56.4 Å². The second kappa shape index (κ2) is 5.32. The maximum absolute atomic E-state index is 12.8. The number of hydrogen-bond acceptors (Lipinski definition) is 3. The van der Waals surface area contributed by atoms with Gasteiger partial charge in [0.1, 0.15) is 11.3 Å². The number of ketones is 1. The van der Waals surface area contributed by atoms with Gasteiger partial charge in [0.25, 0.3) is 5.56 Å². The van der Waals surface area contributed by atoms with Crippen LogP contribution < -0.4 is 5.56 Å². The Morgan fingerprint density at radius 2 is 1.90 bits per heavy atom. The van der Waals surface area contributed by atoms with Gasteiger partial charge in [-0.15, -0.1) is 0 Å². The Bertz CT molecular complexity index is 849. The van der Waals surface area contributed by atoms with E-state index in [4.69, 9.17) is 0 Å². The summed E-state index contributed by atoms with van der Waals surface area (Å²) in [6, 6.07) is 7.01. The molecule has 6 heteroatoms. The molecular weight excluding hydrogens is 273 g/mol. The summed E-state index contributed by atoms with van der Waals surface area (Å²) in [6.45, 7) is 0.275. The van der Waals surface area contributed by atoms with Crippen LogP contribution in [0.3, 0.4) is 0 Å². The second-order valence-corrected chi connectivity index (χ2v) is 4.64. The summed E-state index contributed by atoms with van der Waals surface area (Å²) in [5.41, 5.74) is 0.712. The summed E-state index contributed by atoms with van der Waals surface area (Å²) in [7, 11) is 0. The molecule has 0 fully saturated rings. The van der Waals surface area contributed by atoms with E-state index in [0.717, 1.165) is 0 Å². The van der Waals surface area contributed by atoms with Crippen molar-refractivity contribution in [3.05, 3.63) is 70.7 Å². The Hall–Kier alpha value is -2.76. The first-order chi connectivity index (χ1) is 10.1. The molecule has 0 aliphatic heterocycles. The van der Waals surface area contributed by atoms with Crippen LogP contribution in [0, 0.1) is 5.82 Å². The van der Waals surface area contributed by atoms with Crippen LogP contribution in [0.4, 0.5) is 4.39 Å². The monoisotopic (exact) mass is 285 g/mol. The Kier molecular flexibility index (Phi) is 3.35. The summed E-state index contributed by atoms with van der Waals surface area (Å²) >= 11 is 0. The molecule has 0 amide bonds. The number of hydrogen-bond donors (Lipinski definition) is 0. The Morgan fingerprint density at radius 3 is 2.67 bits per heavy atom. The van der Waals surface area contributed by atoms with E-state index in [1.54, 1.807) is 24.7 Å². The standard InChI is InChI=1S/C15H12FN3O2/c16-12-3-1-11(2-4-12)14(20)6-8-18-9-10-19-13(15(18)21)5-7-17-19/h1-5,7,9-10H,6,8H2. The van der Waals surface area contributed by atoms with Gasteiger partial charge < -0.3 is 4.57 Å². The fraction of sp³-hybridized carbons (Fsp3) is 0.133. The van der Waals surface area contributed by atoms with Gasteiger partial charge in [0, 0.05) is 30.9 Å². The molecule has 0 N–H and O–H groups in total. The maximum atomic E-state index is 12.8. The highest BCUT2D eigenvalue weighted by molar-refractivity contribution is 5.95. The quantitative estimate of drug-likeness (QED) is 0.688. The fourth-order valence-electron chi connectivity index (χ4n) is 2.14. The number of aromatic nitrogens is 3. The minimum atomic E-state index is -0.381. The predicted molar refractivity (Wildman–Crippen MR) is 74.8 cm³/mol. The number of Topliss-reactive ketones (excluding diaryl/α,β-unsaturated/α-hetero) is 1. The maximum Gasteiger partial charge on any atom is 0.276 e. The van der Waals surface area contributed by atoms with E-state index in [1.165, 1.54) is 33.3 Å². The van der Waals surface area contributed by atoms with Crippen LogP contribution in [0.2, 0.25) is 0 Å². The number of aryl methyl sites for hydroxylation is 1. The number of benzene rings is 1. The van der Waals surface area contributed by atoms with E-state index in [1.807, 2.05) is 0 Å². The Balaban J connectivity index is 1.77. The van der Waals surface area contributed by atoms with Crippen LogP contribution in [-0.2, 0) is 6.54 Å². The zero-order valence-corrected chi connectivity index (χ0v) is 11.1. The first kappa shape index (κ1) is 13.2. The molecule has 0 unspecified atom stereocenters. The average Bonchev–Trinajstić information content (AvgIpc) is 2.96. The van der Waals surface area contributed by atoms with Crippen molar-refractivity contribution in [3.8, 4) is 0 Å². The lowest BCUT2D eigenvalue weighted by molar-refractivity contribution is 0.0976. The molecule has 3 aromatic rings. The van der Waals surface area contributed by atoms with Crippen LogP contribution in [0.1, 0.15) is 16.8 Å². The van der Waals surface area contributed by atoms with Crippen molar-refractivity contribution in [2.75, 3.05) is 0 Å². The number of nitrogens with zero attached hydrogens (tertiary/aromatic N) is 3. The number of carbonyl (C=O) groups excluding carboxylic acids is 1. The third-order valence-electron chi connectivity index (χ3n) is 3.28. The largest absolute Gasteiger partial charge is 0.312 e. The van der Waals surface area contributed by atoms with Crippen LogP contribution in [0.15, 0.2) is 53.7 Å². The minimum Gasteiger partial charge on any atom is -0.312 e. The lowest BCUT2D eigenvalue weighted by atomic mass is 10.1. The summed E-state index contributed by atoms with van der Waals surface area (Å²) in [5, 5.41) is 3.97. The number of carbonyl (C=O) groups is 1. The number of fused-ring (bicyclic) bond motifs is 1. The normalized spacial score (nSPS) is 10.9. The van der Waals surface area contributed by atoms with Gasteiger partial charge in [-0.1, -0.05) is 0 Å². The molecule has 2 aromatic heterocycles. The Labute approximate surface area is 119 Å². The molecule has 0 atom stereocenters. The summed E-state index contributed by atoms with van der Waals surface area (Å²) in [6.07, 6.45) is 4.99. The van der Waals surface area contributed by atoms with Crippen molar-refractivity contribution < 1.29 is 9.18 Å². The lowest BCUT2D eigenvalue weighted by Gasteiger charge is -2.05. The summed E-state index contributed by atoms with van der Waals surface area (Å²) < 4.78 is 15.8. The SMILES string of the molecule is O=C(CCn1ccn2nccc2c1=O)c1ccc(F)cc1. The highest BCUT2D eigenvalue weighted by Gasteiger charge is 2.08. The van der Waals surface area contributed by atoms with Crippen LogP contribution in [0.5, 0.6) is 0 Å². The molecule has 1 aromatic carbocycles. The molecule has 0 spiro atoms. The average molecular weight is 285 g/mol. The van der Waals surface area contributed by atoms with Gasteiger partial charge in [-0.05, 0) is 30.3 Å². The van der Waals surface area contributed by atoms with Crippen LogP contribution >= 0.6 is 0 Å². The molecule has 0 bridgehead atoms. The van der Waals surface area contributed by atoms with Crippen molar-refractivity contribution in [3.63, 3.8) is 0 Å². The molecule has 0 aliphatic carbocycles. The van der Waals surface area contributed by atoms with E-state index in [0.29, 0.717) is 11.1 Å². The smallest absolute Gasteiger partial charge is 0.276 e. The highest BCUT2D eigenvalue weighted by Crippen LogP contribution is 2.06. The van der Waals surface area contributed by atoms with Crippen LogP contribution in [-0.4, -0.2) is 20.0 Å². The molecule has 2 heterocycles.